The summed E-state index contributed by atoms with van der Waals surface area (Å²) in [6.07, 6.45) is 12.4. The molecule has 6 nitrogen and oxygen atoms in total. The van der Waals surface area contributed by atoms with E-state index in [0.717, 1.165) is 79.4 Å². The zero-order valence-corrected chi connectivity index (χ0v) is 19.2. The van der Waals surface area contributed by atoms with Crippen molar-refractivity contribution in [2.45, 2.75) is 51.1 Å². The Balaban J connectivity index is 1.14. The summed E-state index contributed by atoms with van der Waals surface area (Å²) >= 11 is 0. The largest absolute Gasteiger partial charge is 0.323 e. The number of hydrogen-bond acceptors (Lipinski definition) is 6. The Labute approximate surface area is 199 Å². The van der Waals surface area contributed by atoms with Crippen LogP contribution in [0.4, 0.5) is 5.69 Å². The molecule has 2 aromatic heterocycles. The van der Waals surface area contributed by atoms with Crippen molar-refractivity contribution >= 4 is 17.1 Å². The SMILES string of the molecule is N[C@H]1c2ccccc2C[C@]12CC=C(c1cnc3c(n1)CN=C3N1CCCc3ncccc31)CC2. The van der Waals surface area contributed by atoms with Crippen LogP contribution >= 0.6 is 0 Å². The van der Waals surface area contributed by atoms with E-state index in [1.54, 1.807) is 0 Å². The van der Waals surface area contributed by atoms with Crippen molar-refractivity contribution in [2.24, 2.45) is 16.1 Å². The van der Waals surface area contributed by atoms with Crippen molar-refractivity contribution in [2.75, 3.05) is 11.4 Å². The summed E-state index contributed by atoms with van der Waals surface area (Å²) in [7, 11) is 0. The van der Waals surface area contributed by atoms with Crippen molar-refractivity contribution in [3.05, 3.63) is 88.8 Å². The quantitative estimate of drug-likeness (QED) is 0.597. The maximum atomic E-state index is 6.75. The lowest BCUT2D eigenvalue weighted by Crippen LogP contribution is -2.36. The second kappa shape index (κ2) is 7.57. The molecule has 0 bridgehead atoms. The number of hydrogen-bond donors (Lipinski definition) is 1. The van der Waals surface area contributed by atoms with Crippen LogP contribution < -0.4 is 10.6 Å². The maximum absolute atomic E-state index is 6.75. The van der Waals surface area contributed by atoms with Crippen molar-refractivity contribution < 1.29 is 0 Å². The zero-order chi connectivity index (χ0) is 22.7. The van der Waals surface area contributed by atoms with E-state index in [0.29, 0.717) is 6.54 Å². The maximum Gasteiger partial charge on any atom is 0.156 e. The Hall–Kier alpha value is -3.38. The zero-order valence-electron chi connectivity index (χ0n) is 19.2. The highest BCUT2D eigenvalue weighted by atomic mass is 15.2. The molecular formula is C28H28N6. The molecule has 1 spiro atoms. The average Bonchev–Trinajstić information content (AvgIpc) is 3.43. The molecule has 2 N–H and O–H groups in total. The Morgan fingerprint density at radius 2 is 1.97 bits per heavy atom. The molecule has 2 atom stereocenters. The first-order chi connectivity index (χ1) is 16.7. The highest BCUT2D eigenvalue weighted by Gasteiger charge is 2.44. The second-order valence-electron chi connectivity index (χ2n) is 10.1. The predicted molar refractivity (Wildman–Crippen MR) is 134 cm³/mol. The molecule has 7 rings (SSSR count). The van der Waals surface area contributed by atoms with Crippen LogP contribution in [0.25, 0.3) is 5.57 Å². The minimum absolute atomic E-state index is 0.116. The van der Waals surface area contributed by atoms with Gasteiger partial charge in [-0.1, -0.05) is 30.3 Å². The number of aliphatic imine (C=N–C) groups is 1. The van der Waals surface area contributed by atoms with Gasteiger partial charge in [-0.2, -0.15) is 0 Å². The van der Waals surface area contributed by atoms with Crippen molar-refractivity contribution in [1.82, 2.24) is 15.0 Å². The van der Waals surface area contributed by atoms with Crippen molar-refractivity contribution in [1.29, 1.82) is 0 Å². The smallest absolute Gasteiger partial charge is 0.156 e. The van der Waals surface area contributed by atoms with Crippen LogP contribution in [0.1, 0.15) is 65.6 Å². The van der Waals surface area contributed by atoms with Crippen LogP contribution in [-0.4, -0.2) is 27.3 Å². The lowest BCUT2D eigenvalue weighted by Gasteiger charge is -2.36. The number of fused-ring (bicyclic) bond motifs is 3. The van der Waals surface area contributed by atoms with Gasteiger partial charge in [-0.25, -0.2) is 9.97 Å². The number of benzene rings is 1. The van der Waals surface area contributed by atoms with E-state index in [9.17, 15) is 0 Å². The number of rotatable bonds is 1. The Bertz CT molecular complexity index is 1360. The van der Waals surface area contributed by atoms with E-state index in [4.69, 9.17) is 20.7 Å². The lowest BCUT2D eigenvalue weighted by molar-refractivity contribution is 0.224. The fourth-order valence-corrected chi connectivity index (χ4v) is 6.34. The Kier molecular flexibility index (Phi) is 4.46. The molecule has 0 saturated heterocycles. The fourth-order valence-electron chi connectivity index (χ4n) is 6.34. The molecule has 2 aliphatic carbocycles. The first-order valence-electron chi connectivity index (χ1n) is 12.4. The van der Waals surface area contributed by atoms with E-state index >= 15 is 0 Å². The molecule has 0 unspecified atom stereocenters. The van der Waals surface area contributed by atoms with Gasteiger partial charge in [0.15, 0.2) is 5.84 Å². The number of allylic oxidation sites excluding steroid dienone is 2. The molecule has 0 radical (unpaired) electrons. The first kappa shape index (κ1) is 20.0. The number of amidine groups is 1. The van der Waals surface area contributed by atoms with Gasteiger partial charge in [0.2, 0.25) is 0 Å². The molecule has 0 saturated carbocycles. The Morgan fingerprint density at radius 1 is 1.03 bits per heavy atom. The molecule has 0 fully saturated rings. The highest BCUT2D eigenvalue weighted by Crippen LogP contribution is 2.53. The first-order valence-corrected chi connectivity index (χ1v) is 12.4. The highest BCUT2D eigenvalue weighted by molar-refractivity contribution is 6.11. The number of nitrogens with zero attached hydrogens (tertiary/aromatic N) is 5. The van der Waals surface area contributed by atoms with Crippen molar-refractivity contribution in [3.8, 4) is 0 Å². The van der Waals surface area contributed by atoms with Crippen LogP contribution in [0.2, 0.25) is 0 Å². The molecular weight excluding hydrogens is 420 g/mol. The van der Waals surface area contributed by atoms with Crippen molar-refractivity contribution in [3.63, 3.8) is 0 Å². The molecule has 34 heavy (non-hydrogen) atoms. The van der Waals surface area contributed by atoms with Gasteiger partial charge in [0, 0.05) is 18.8 Å². The van der Waals surface area contributed by atoms with Gasteiger partial charge in [-0.15, -0.1) is 0 Å². The molecule has 170 valence electrons. The predicted octanol–water partition coefficient (Wildman–Crippen LogP) is 4.39. The monoisotopic (exact) mass is 448 g/mol. The third-order valence-corrected chi connectivity index (χ3v) is 8.21. The van der Waals surface area contributed by atoms with Gasteiger partial charge >= 0.3 is 0 Å². The lowest BCUT2D eigenvalue weighted by atomic mass is 9.70. The van der Waals surface area contributed by atoms with Crippen LogP contribution in [0.15, 0.2) is 59.9 Å². The van der Waals surface area contributed by atoms with Crippen LogP contribution in [0.5, 0.6) is 0 Å². The molecule has 6 heteroatoms. The van der Waals surface area contributed by atoms with Gasteiger partial charge in [-0.05, 0) is 72.8 Å². The van der Waals surface area contributed by atoms with E-state index in [1.165, 1.54) is 16.7 Å². The van der Waals surface area contributed by atoms with Gasteiger partial charge in [0.05, 0.1) is 35.5 Å². The van der Waals surface area contributed by atoms with E-state index in [-0.39, 0.29) is 11.5 Å². The number of anilines is 1. The molecule has 2 aliphatic heterocycles. The standard InChI is InChI=1S/C28H28N6/c29-26-20-6-2-1-5-19(20)15-28(26)11-9-18(10-12-28)22-16-31-25-23(33-22)17-32-27(25)34-14-4-7-21-24(34)8-3-13-30-21/h1-3,5-6,8-9,13,16,26H,4,7,10-12,14-15,17,29H2/t26-,28+/m0/s1. The van der Waals surface area contributed by atoms with Crippen LogP contribution in [0.3, 0.4) is 0 Å². The fraction of sp³-hybridized carbons (Fsp3) is 0.357. The summed E-state index contributed by atoms with van der Waals surface area (Å²) in [6, 6.07) is 12.9. The van der Waals surface area contributed by atoms with E-state index in [1.807, 2.05) is 18.5 Å². The van der Waals surface area contributed by atoms with Crippen LogP contribution in [-0.2, 0) is 19.4 Å². The van der Waals surface area contributed by atoms with E-state index in [2.05, 4.69) is 46.3 Å². The van der Waals surface area contributed by atoms with Gasteiger partial charge in [-0.3, -0.25) is 9.98 Å². The average molecular weight is 449 g/mol. The number of pyridine rings is 1. The number of aromatic nitrogens is 3. The molecule has 4 aliphatic rings. The Morgan fingerprint density at radius 3 is 2.85 bits per heavy atom. The summed E-state index contributed by atoms with van der Waals surface area (Å²) in [6.45, 7) is 1.53. The van der Waals surface area contributed by atoms with Crippen LogP contribution in [0, 0.1) is 5.41 Å². The minimum Gasteiger partial charge on any atom is -0.323 e. The molecule has 3 aromatic rings. The third-order valence-electron chi connectivity index (χ3n) is 8.21. The normalized spacial score (nSPS) is 25.0. The topological polar surface area (TPSA) is 80.3 Å². The molecule has 4 heterocycles. The summed E-state index contributed by atoms with van der Waals surface area (Å²) < 4.78 is 0. The van der Waals surface area contributed by atoms with Gasteiger partial charge in [0.25, 0.3) is 0 Å². The summed E-state index contributed by atoms with van der Waals surface area (Å²) in [5.74, 6) is 0.939. The number of nitrogens with two attached hydrogens (primary N) is 1. The summed E-state index contributed by atoms with van der Waals surface area (Å²) in [5.41, 5.74) is 16.1. The number of aryl methyl sites for hydroxylation is 1. The minimum atomic E-state index is 0.116. The van der Waals surface area contributed by atoms with Gasteiger partial charge < -0.3 is 10.6 Å². The summed E-state index contributed by atoms with van der Waals surface area (Å²) in [4.78, 5) is 21.6. The molecule has 1 aromatic carbocycles. The van der Waals surface area contributed by atoms with E-state index < -0.39 is 0 Å². The second-order valence-corrected chi connectivity index (χ2v) is 10.1. The van der Waals surface area contributed by atoms with Gasteiger partial charge in [0.1, 0.15) is 5.69 Å². The molecule has 0 amide bonds. The third kappa shape index (κ3) is 2.98. The summed E-state index contributed by atoms with van der Waals surface area (Å²) in [5, 5.41) is 0.